The van der Waals surface area contributed by atoms with Crippen LogP contribution < -0.4 is 10.1 Å². The lowest BCUT2D eigenvalue weighted by atomic mass is 9.98. The topological polar surface area (TPSA) is 21.3 Å². The molecule has 2 unspecified atom stereocenters. The van der Waals surface area contributed by atoms with Gasteiger partial charge in [0.1, 0.15) is 12.4 Å². The largest absolute Gasteiger partial charge is 0.492 e. The van der Waals surface area contributed by atoms with E-state index in [4.69, 9.17) is 16.3 Å². The molecule has 2 atom stereocenters. The Kier molecular flexibility index (Phi) is 6.38. The number of benzene rings is 1. The summed E-state index contributed by atoms with van der Waals surface area (Å²) < 4.78 is 5.76. The number of hydrogen-bond donors (Lipinski definition) is 1. The van der Waals surface area contributed by atoms with Crippen molar-refractivity contribution in [2.24, 2.45) is 5.92 Å². The number of rotatable bonds is 7. The van der Waals surface area contributed by atoms with E-state index in [1.165, 1.54) is 12.8 Å². The van der Waals surface area contributed by atoms with Crippen molar-refractivity contribution in [2.45, 2.75) is 32.7 Å². The maximum atomic E-state index is 5.83. The van der Waals surface area contributed by atoms with Crippen LogP contribution >= 0.6 is 11.6 Å². The maximum absolute atomic E-state index is 5.83. The Hall–Kier alpha value is -0.730. The van der Waals surface area contributed by atoms with Gasteiger partial charge in [-0.3, -0.25) is 0 Å². The second-order valence-electron chi connectivity index (χ2n) is 4.43. The molecule has 3 heteroatoms. The van der Waals surface area contributed by atoms with Crippen LogP contribution in [0, 0.1) is 5.92 Å². The van der Waals surface area contributed by atoms with E-state index < -0.39 is 0 Å². The molecular formula is C14H22ClNO. The Balaban J connectivity index is 2.44. The molecule has 96 valence electrons. The normalized spacial score (nSPS) is 14.4. The minimum Gasteiger partial charge on any atom is -0.492 e. The minimum atomic E-state index is 0.394. The summed E-state index contributed by atoms with van der Waals surface area (Å²) in [5.74, 6) is 1.50. The first-order chi connectivity index (χ1) is 8.17. The van der Waals surface area contributed by atoms with E-state index in [-0.39, 0.29) is 0 Å². The van der Waals surface area contributed by atoms with Gasteiger partial charge in [-0.1, -0.05) is 31.9 Å². The molecule has 1 rings (SSSR count). The lowest BCUT2D eigenvalue weighted by molar-refractivity contribution is 0.224. The van der Waals surface area contributed by atoms with Crippen LogP contribution in [0.4, 0.5) is 0 Å². The SMILES string of the molecule is CCCC(C)C(COc1ccc(Cl)cc1)NC. The van der Waals surface area contributed by atoms with E-state index in [0.717, 1.165) is 10.8 Å². The van der Waals surface area contributed by atoms with Crippen LogP contribution in [0.15, 0.2) is 24.3 Å². The molecule has 0 aromatic heterocycles. The molecule has 0 fully saturated rings. The molecule has 2 nitrogen and oxygen atoms in total. The lowest BCUT2D eigenvalue weighted by Crippen LogP contribution is -2.37. The number of halogens is 1. The summed E-state index contributed by atoms with van der Waals surface area (Å²) in [6, 6.07) is 7.89. The smallest absolute Gasteiger partial charge is 0.119 e. The standard InChI is InChI=1S/C14H22ClNO/c1-4-5-11(2)14(16-3)10-17-13-8-6-12(15)7-9-13/h6-9,11,14,16H,4-5,10H2,1-3H3. The van der Waals surface area contributed by atoms with Gasteiger partial charge in [-0.05, 0) is 43.7 Å². The molecule has 17 heavy (non-hydrogen) atoms. The third-order valence-electron chi connectivity index (χ3n) is 3.04. The Labute approximate surface area is 109 Å². The van der Waals surface area contributed by atoms with Crippen LogP contribution in [0.2, 0.25) is 5.02 Å². The third-order valence-corrected chi connectivity index (χ3v) is 3.30. The molecule has 0 heterocycles. The number of hydrogen-bond acceptors (Lipinski definition) is 2. The van der Waals surface area contributed by atoms with Gasteiger partial charge in [0.25, 0.3) is 0 Å². The van der Waals surface area contributed by atoms with Crippen molar-refractivity contribution in [3.63, 3.8) is 0 Å². The molecule has 1 N–H and O–H groups in total. The summed E-state index contributed by atoms with van der Waals surface area (Å²) in [5.41, 5.74) is 0. The van der Waals surface area contributed by atoms with Crippen molar-refractivity contribution in [3.05, 3.63) is 29.3 Å². The van der Waals surface area contributed by atoms with Crippen molar-refractivity contribution in [1.29, 1.82) is 0 Å². The van der Waals surface area contributed by atoms with Gasteiger partial charge in [-0.2, -0.15) is 0 Å². The van der Waals surface area contributed by atoms with Crippen molar-refractivity contribution in [2.75, 3.05) is 13.7 Å². The van der Waals surface area contributed by atoms with E-state index in [0.29, 0.717) is 18.6 Å². The van der Waals surface area contributed by atoms with Crippen molar-refractivity contribution >= 4 is 11.6 Å². The first kappa shape index (κ1) is 14.3. The maximum Gasteiger partial charge on any atom is 0.119 e. The van der Waals surface area contributed by atoms with Gasteiger partial charge in [0.15, 0.2) is 0 Å². The highest BCUT2D eigenvalue weighted by Gasteiger charge is 2.15. The fourth-order valence-corrected chi connectivity index (χ4v) is 2.03. The molecule has 1 aromatic carbocycles. The number of ether oxygens (including phenoxy) is 1. The summed E-state index contributed by atoms with van der Waals surface area (Å²) >= 11 is 5.83. The monoisotopic (exact) mass is 255 g/mol. The average Bonchev–Trinajstić information content (AvgIpc) is 2.32. The molecule has 0 aliphatic heterocycles. The molecule has 0 aliphatic carbocycles. The predicted octanol–water partition coefficient (Wildman–Crippen LogP) is 3.74. The molecule has 0 spiro atoms. The van der Waals surface area contributed by atoms with E-state index in [9.17, 15) is 0 Å². The molecular weight excluding hydrogens is 234 g/mol. The third kappa shape index (κ3) is 4.97. The molecule has 1 aromatic rings. The van der Waals surface area contributed by atoms with Gasteiger partial charge in [0.2, 0.25) is 0 Å². The van der Waals surface area contributed by atoms with E-state index in [1.807, 2.05) is 31.3 Å². The van der Waals surface area contributed by atoms with Gasteiger partial charge >= 0.3 is 0 Å². The van der Waals surface area contributed by atoms with Gasteiger partial charge in [0.05, 0.1) is 0 Å². The zero-order chi connectivity index (χ0) is 12.7. The van der Waals surface area contributed by atoms with Gasteiger partial charge in [-0.25, -0.2) is 0 Å². The summed E-state index contributed by atoms with van der Waals surface area (Å²) in [4.78, 5) is 0. The Bertz CT molecular complexity index is 313. The van der Waals surface area contributed by atoms with Crippen molar-refractivity contribution in [3.8, 4) is 5.75 Å². The lowest BCUT2D eigenvalue weighted by Gasteiger charge is -2.23. The van der Waals surface area contributed by atoms with Crippen LogP contribution in [-0.2, 0) is 0 Å². The average molecular weight is 256 g/mol. The zero-order valence-corrected chi connectivity index (χ0v) is 11.6. The zero-order valence-electron chi connectivity index (χ0n) is 10.9. The van der Waals surface area contributed by atoms with Crippen LogP contribution in [-0.4, -0.2) is 19.7 Å². The highest BCUT2D eigenvalue weighted by atomic mass is 35.5. The fourth-order valence-electron chi connectivity index (χ4n) is 1.91. The summed E-state index contributed by atoms with van der Waals surface area (Å²) in [6.07, 6.45) is 2.43. The number of nitrogens with one attached hydrogen (secondary N) is 1. The number of likely N-dealkylation sites (N-methyl/N-ethyl adjacent to an activating group) is 1. The van der Waals surface area contributed by atoms with Gasteiger partial charge in [-0.15, -0.1) is 0 Å². The Morgan fingerprint density at radius 1 is 1.29 bits per heavy atom. The minimum absolute atomic E-state index is 0.394. The second kappa shape index (κ2) is 7.57. The van der Waals surface area contributed by atoms with Crippen molar-refractivity contribution in [1.82, 2.24) is 5.32 Å². The molecule has 0 aliphatic rings. The predicted molar refractivity (Wildman–Crippen MR) is 73.9 cm³/mol. The summed E-state index contributed by atoms with van der Waals surface area (Å²) in [7, 11) is 1.99. The molecule has 0 saturated carbocycles. The fraction of sp³-hybridized carbons (Fsp3) is 0.571. The molecule has 0 radical (unpaired) electrons. The van der Waals surface area contributed by atoms with E-state index in [1.54, 1.807) is 0 Å². The second-order valence-corrected chi connectivity index (χ2v) is 4.86. The van der Waals surface area contributed by atoms with Crippen LogP contribution in [0.3, 0.4) is 0 Å². The molecule has 0 amide bonds. The van der Waals surface area contributed by atoms with Crippen LogP contribution in [0.5, 0.6) is 5.75 Å². The molecule has 0 bridgehead atoms. The highest BCUT2D eigenvalue weighted by molar-refractivity contribution is 6.30. The Morgan fingerprint density at radius 3 is 2.47 bits per heavy atom. The van der Waals surface area contributed by atoms with E-state index in [2.05, 4.69) is 19.2 Å². The highest BCUT2D eigenvalue weighted by Crippen LogP contribution is 2.17. The first-order valence-corrected chi connectivity index (χ1v) is 6.60. The van der Waals surface area contributed by atoms with E-state index >= 15 is 0 Å². The summed E-state index contributed by atoms with van der Waals surface area (Å²) in [6.45, 7) is 5.17. The van der Waals surface area contributed by atoms with Gasteiger partial charge < -0.3 is 10.1 Å². The quantitative estimate of drug-likeness (QED) is 0.801. The van der Waals surface area contributed by atoms with Crippen LogP contribution in [0.25, 0.3) is 0 Å². The molecule has 0 saturated heterocycles. The Morgan fingerprint density at radius 2 is 1.94 bits per heavy atom. The first-order valence-electron chi connectivity index (χ1n) is 6.23. The van der Waals surface area contributed by atoms with Crippen LogP contribution in [0.1, 0.15) is 26.7 Å². The van der Waals surface area contributed by atoms with Crippen molar-refractivity contribution < 1.29 is 4.74 Å². The summed E-state index contributed by atoms with van der Waals surface area (Å²) in [5, 5.41) is 4.06. The van der Waals surface area contributed by atoms with Gasteiger partial charge in [0, 0.05) is 11.1 Å².